The lowest BCUT2D eigenvalue weighted by atomic mass is 9.72. The summed E-state index contributed by atoms with van der Waals surface area (Å²) in [5.74, 6) is 2.47. The first-order valence-corrected chi connectivity index (χ1v) is 7.49. The van der Waals surface area contributed by atoms with E-state index in [4.69, 9.17) is 4.74 Å². The molecule has 18 heavy (non-hydrogen) atoms. The van der Waals surface area contributed by atoms with Crippen molar-refractivity contribution in [1.82, 2.24) is 10.2 Å². The summed E-state index contributed by atoms with van der Waals surface area (Å²) in [7, 11) is 3.99. The van der Waals surface area contributed by atoms with Crippen LogP contribution in [0.1, 0.15) is 33.6 Å². The normalized spacial score (nSPS) is 33.0. The molecule has 0 aromatic rings. The second kappa shape index (κ2) is 8.13. The third-order valence-electron chi connectivity index (χ3n) is 4.34. The van der Waals surface area contributed by atoms with Crippen LogP contribution in [-0.4, -0.2) is 51.3 Å². The zero-order chi connectivity index (χ0) is 13.5. The van der Waals surface area contributed by atoms with E-state index in [2.05, 4.69) is 38.0 Å². The first-order valence-electron chi connectivity index (χ1n) is 7.49. The van der Waals surface area contributed by atoms with Gasteiger partial charge in [0.05, 0.1) is 6.61 Å². The average Bonchev–Trinajstić information content (AvgIpc) is 2.31. The van der Waals surface area contributed by atoms with Crippen LogP contribution < -0.4 is 5.32 Å². The van der Waals surface area contributed by atoms with Gasteiger partial charge in [0.15, 0.2) is 0 Å². The molecule has 1 saturated carbocycles. The fourth-order valence-corrected chi connectivity index (χ4v) is 3.41. The van der Waals surface area contributed by atoms with Crippen molar-refractivity contribution >= 4 is 0 Å². The standard InChI is InChI=1S/C15H32N2O/c1-6-16-15-10-12(2)9-13(3)14(15)11-17(4)7-8-18-5/h12-16H,6-11H2,1-5H3. The van der Waals surface area contributed by atoms with E-state index >= 15 is 0 Å². The van der Waals surface area contributed by atoms with Crippen LogP contribution in [0.5, 0.6) is 0 Å². The molecule has 1 rings (SSSR count). The number of hydrogen-bond acceptors (Lipinski definition) is 3. The summed E-state index contributed by atoms with van der Waals surface area (Å²) in [6, 6.07) is 0.693. The summed E-state index contributed by atoms with van der Waals surface area (Å²) >= 11 is 0. The van der Waals surface area contributed by atoms with Crippen molar-refractivity contribution in [3.05, 3.63) is 0 Å². The Morgan fingerprint density at radius 1 is 1.28 bits per heavy atom. The highest BCUT2D eigenvalue weighted by Gasteiger charge is 2.33. The van der Waals surface area contributed by atoms with Crippen molar-refractivity contribution in [1.29, 1.82) is 0 Å². The Morgan fingerprint density at radius 2 is 2.00 bits per heavy atom. The zero-order valence-electron chi connectivity index (χ0n) is 12.9. The van der Waals surface area contributed by atoms with Crippen LogP contribution in [0, 0.1) is 17.8 Å². The minimum Gasteiger partial charge on any atom is -0.383 e. The van der Waals surface area contributed by atoms with Crippen LogP contribution in [0.15, 0.2) is 0 Å². The molecule has 108 valence electrons. The van der Waals surface area contributed by atoms with Gasteiger partial charge >= 0.3 is 0 Å². The molecule has 4 atom stereocenters. The number of rotatable bonds is 7. The Balaban J connectivity index is 2.51. The molecule has 4 unspecified atom stereocenters. The minimum absolute atomic E-state index is 0.693. The molecule has 3 nitrogen and oxygen atoms in total. The van der Waals surface area contributed by atoms with Crippen LogP contribution in [0.2, 0.25) is 0 Å². The maximum absolute atomic E-state index is 5.16. The summed E-state index contributed by atoms with van der Waals surface area (Å²) in [4.78, 5) is 2.42. The number of methoxy groups -OCH3 is 1. The lowest BCUT2D eigenvalue weighted by molar-refractivity contribution is 0.0953. The van der Waals surface area contributed by atoms with Crippen LogP contribution in [-0.2, 0) is 4.74 Å². The molecule has 1 aliphatic rings. The first kappa shape index (κ1) is 15.9. The van der Waals surface area contributed by atoms with Gasteiger partial charge in [-0.1, -0.05) is 20.8 Å². The molecule has 1 aliphatic carbocycles. The van der Waals surface area contributed by atoms with E-state index in [9.17, 15) is 0 Å². The highest BCUT2D eigenvalue weighted by Crippen LogP contribution is 2.34. The Kier molecular flexibility index (Phi) is 7.20. The predicted molar refractivity (Wildman–Crippen MR) is 77.9 cm³/mol. The van der Waals surface area contributed by atoms with Gasteiger partial charge in [-0.3, -0.25) is 0 Å². The van der Waals surface area contributed by atoms with Crippen molar-refractivity contribution in [3.8, 4) is 0 Å². The molecule has 1 fully saturated rings. The number of ether oxygens (including phenoxy) is 1. The van der Waals surface area contributed by atoms with Crippen LogP contribution >= 0.6 is 0 Å². The molecule has 0 aromatic carbocycles. The summed E-state index contributed by atoms with van der Waals surface area (Å²) in [6.45, 7) is 11.2. The summed E-state index contributed by atoms with van der Waals surface area (Å²) in [6.07, 6.45) is 2.71. The van der Waals surface area contributed by atoms with Gasteiger partial charge in [-0.05, 0) is 44.2 Å². The molecule has 0 aliphatic heterocycles. The molecule has 0 aromatic heterocycles. The maximum atomic E-state index is 5.16. The fraction of sp³-hybridized carbons (Fsp3) is 1.00. The van der Waals surface area contributed by atoms with Crippen molar-refractivity contribution in [2.24, 2.45) is 17.8 Å². The SMILES string of the molecule is CCNC1CC(C)CC(C)C1CN(C)CCOC. The molecule has 0 heterocycles. The topological polar surface area (TPSA) is 24.5 Å². The monoisotopic (exact) mass is 256 g/mol. The molecule has 1 N–H and O–H groups in total. The van der Waals surface area contributed by atoms with Gasteiger partial charge in [-0.15, -0.1) is 0 Å². The average molecular weight is 256 g/mol. The fourth-order valence-electron chi connectivity index (χ4n) is 3.41. The van der Waals surface area contributed by atoms with Crippen LogP contribution in [0.25, 0.3) is 0 Å². The van der Waals surface area contributed by atoms with Gasteiger partial charge in [0.1, 0.15) is 0 Å². The molecular formula is C15H32N2O. The van der Waals surface area contributed by atoms with Crippen molar-refractivity contribution < 1.29 is 4.74 Å². The second-order valence-electron chi connectivity index (χ2n) is 6.14. The van der Waals surface area contributed by atoms with E-state index in [1.165, 1.54) is 19.4 Å². The van der Waals surface area contributed by atoms with E-state index in [1.54, 1.807) is 7.11 Å². The number of likely N-dealkylation sites (N-methyl/N-ethyl adjacent to an activating group) is 1. The molecular weight excluding hydrogens is 224 g/mol. The maximum Gasteiger partial charge on any atom is 0.0589 e. The quantitative estimate of drug-likeness (QED) is 0.756. The molecule has 0 amide bonds. The van der Waals surface area contributed by atoms with Crippen LogP contribution in [0.4, 0.5) is 0 Å². The summed E-state index contributed by atoms with van der Waals surface area (Å²) in [5, 5.41) is 3.70. The lowest BCUT2D eigenvalue weighted by Gasteiger charge is -2.41. The van der Waals surface area contributed by atoms with Gasteiger partial charge in [0.25, 0.3) is 0 Å². The summed E-state index contributed by atoms with van der Waals surface area (Å²) < 4.78 is 5.16. The highest BCUT2D eigenvalue weighted by molar-refractivity contribution is 4.88. The molecule has 0 saturated heterocycles. The predicted octanol–water partition coefficient (Wildman–Crippen LogP) is 2.22. The smallest absolute Gasteiger partial charge is 0.0589 e. The van der Waals surface area contributed by atoms with Gasteiger partial charge < -0.3 is 15.0 Å². The molecule has 3 heteroatoms. The Labute approximate surface area is 113 Å². The Bertz CT molecular complexity index is 223. The Hall–Kier alpha value is -0.120. The van der Waals surface area contributed by atoms with Gasteiger partial charge in [0, 0.05) is 26.2 Å². The van der Waals surface area contributed by atoms with Crippen molar-refractivity contribution in [2.75, 3.05) is 40.4 Å². The lowest BCUT2D eigenvalue weighted by Crippen LogP contribution is -2.48. The highest BCUT2D eigenvalue weighted by atomic mass is 16.5. The van der Waals surface area contributed by atoms with Crippen molar-refractivity contribution in [2.45, 2.75) is 39.7 Å². The van der Waals surface area contributed by atoms with E-state index in [0.29, 0.717) is 6.04 Å². The first-order chi connectivity index (χ1) is 8.58. The van der Waals surface area contributed by atoms with Crippen LogP contribution in [0.3, 0.4) is 0 Å². The van der Waals surface area contributed by atoms with Crippen molar-refractivity contribution in [3.63, 3.8) is 0 Å². The van der Waals surface area contributed by atoms with Gasteiger partial charge in [-0.25, -0.2) is 0 Å². The minimum atomic E-state index is 0.693. The molecule has 0 bridgehead atoms. The zero-order valence-corrected chi connectivity index (χ0v) is 12.9. The van der Waals surface area contributed by atoms with E-state index in [-0.39, 0.29) is 0 Å². The second-order valence-corrected chi connectivity index (χ2v) is 6.14. The van der Waals surface area contributed by atoms with E-state index in [0.717, 1.165) is 37.5 Å². The largest absolute Gasteiger partial charge is 0.383 e. The third kappa shape index (κ3) is 4.87. The van der Waals surface area contributed by atoms with Gasteiger partial charge in [-0.2, -0.15) is 0 Å². The summed E-state index contributed by atoms with van der Waals surface area (Å²) in [5.41, 5.74) is 0. The molecule has 0 spiro atoms. The Morgan fingerprint density at radius 3 is 2.61 bits per heavy atom. The number of nitrogens with zero attached hydrogens (tertiary/aromatic N) is 1. The molecule has 0 radical (unpaired) electrons. The number of nitrogens with one attached hydrogen (secondary N) is 1. The van der Waals surface area contributed by atoms with E-state index in [1.807, 2.05) is 0 Å². The van der Waals surface area contributed by atoms with Gasteiger partial charge in [0.2, 0.25) is 0 Å². The van der Waals surface area contributed by atoms with E-state index < -0.39 is 0 Å². The number of hydrogen-bond donors (Lipinski definition) is 1. The third-order valence-corrected chi connectivity index (χ3v) is 4.34.